The lowest BCUT2D eigenvalue weighted by Crippen LogP contribution is -1.91. The number of halogens is 1. The summed E-state index contributed by atoms with van der Waals surface area (Å²) >= 11 is 5.80. The van der Waals surface area contributed by atoms with E-state index in [0.717, 1.165) is 23.6 Å². The van der Waals surface area contributed by atoms with Crippen LogP contribution < -0.4 is 5.73 Å². The molecule has 3 nitrogen and oxygen atoms in total. The van der Waals surface area contributed by atoms with E-state index in [1.807, 2.05) is 30.3 Å². The van der Waals surface area contributed by atoms with E-state index in [0.29, 0.717) is 5.82 Å². The lowest BCUT2D eigenvalue weighted by molar-refractivity contribution is 0.894. The first kappa shape index (κ1) is 10.1. The minimum atomic E-state index is 0.543. The quantitative estimate of drug-likeness (QED) is 0.837. The van der Waals surface area contributed by atoms with Crippen LogP contribution >= 0.6 is 11.6 Å². The van der Waals surface area contributed by atoms with Gasteiger partial charge in [-0.05, 0) is 30.5 Å². The lowest BCUT2D eigenvalue weighted by atomic mass is 10.1. The van der Waals surface area contributed by atoms with Crippen molar-refractivity contribution in [2.45, 2.75) is 12.8 Å². The number of nitrogen functional groups attached to an aromatic ring is 1. The summed E-state index contributed by atoms with van der Waals surface area (Å²) in [6.45, 7) is 0. The molecule has 0 bridgehead atoms. The second-order valence-electron chi connectivity index (χ2n) is 3.44. The smallest absolute Gasteiger partial charge is 0.145 e. The lowest BCUT2D eigenvalue weighted by Gasteiger charge is -1.99. The summed E-state index contributed by atoms with van der Waals surface area (Å²) in [6.07, 6.45) is 1.87. The van der Waals surface area contributed by atoms with Gasteiger partial charge >= 0.3 is 0 Å². The number of nitrogens with one attached hydrogen (secondary N) is 1. The van der Waals surface area contributed by atoms with Gasteiger partial charge in [-0.1, -0.05) is 23.7 Å². The number of nitrogens with zero attached hydrogens (tertiary/aromatic N) is 1. The average Bonchev–Trinajstić information content (AvgIpc) is 2.64. The monoisotopic (exact) mass is 221 g/mol. The molecule has 0 aliphatic heterocycles. The maximum atomic E-state index is 5.80. The fourth-order valence-electron chi connectivity index (χ4n) is 1.44. The number of aromatic amines is 1. The van der Waals surface area contributed by atoms with Crippen LogP contribution in [-0.4, -0.2) is 10.2 Å². The Morgan fingerprint density at radius 1 is 1.20 bits per heavy atom. The summed E-state index contributed by atoms with van der Waals surface area (Å²) in [5.41, 5.74) is 7.82. The molecule has 0 radical (unpaired) electrons. The molecule has 0 aliphatic carbocycles. The molecular weight excluding hydrogens is 210 g/mol. The number of H-pyrrole nitrogens is 1. The number of aromatic nitrogens is 2. The average molecular weight is 222 g/mol. The minimum absolute atomic E-state index is 0.543. The highest BCUT2D eigenvalue weighted by Crippen LogP contribution is 2.12. The molecule has 1 heterocycles. The minimum Gasteiger partial charge on any atom is -0.382 e. The van der Waals surface area contributed by atoms with E-state index < -0.39 is 0 Å². The maximum Gasteiger partial charge on any atom is 0.145 e. The Hall–Kier alpha value is -1.48. The topological polar surface area (TPSA) is 54.7 Å². The molecule has 0 saturated carbocycles. The maximum absolute atomic E-state index is 5.80. The Bertz CT molecular complexity index is 433. The molecular formula is C11H12ClN3. The molecule has 0 saturated heterocycles. The van der Waals surface area contributed by atoms with Gasteiger partial charge in [-0.3, -0.25) is 5.10 Å². The van der Waals surface area contributed by atoms with Gasteiger partial charge in [0.05, 0.1) is 0 Å². The molecule has 4 heteroatoms. The summed E-state index contributed by atoms with van der Waals surface area (Å²) in [5.74, 6) is 0.543. The summed E-state index contributed by atoms with van der Waals surface area (Å²) < 4.78 is 0. The van der Waals surface area contributed by atoms with Crippen LogP contribution in [0.25, 0.3) is 0 Å². The van der Waals surface area contributed by atoms with Crippen LogP contribution in [0, 0.1) is 0 Å². The van der Waals surface area contributed by atoms with Crippen LogP contribution in [0.15, 0.2) is 30.3 Å². The molecule has 2 aromatic rings. The van der Waals surface area contributed by atoms with Gasteiger partial charge in [0.1, 0.15) is 5.82 Å². The zero-order chi connectivity index (χ0) is 10.7. The zero-order valence-corrected chi connectivity index (χ0v) is 8.96. The van der Waals surface area contributed by atoms with E-state index in [-0.39, 0.29) is 0 Å². The fraction of sp³-hybridized carbons (Fsp3) is 0.182. The van der Waals surface area contributed by atoms with E-state index >= 15 is 0 Å². The third-order valence-electron chi connectivity index (χ3n) is 2.25. The van der Waals surface area contributed by atoms with Crippen molar-refractivity contribution in [3.05, 3.63) is 46.6 Å². The number of rotatable bonds is 3. The van der Waals surface area contributed by atoms with E-state index in [1.54, 1.807) is 0 Å². The molecule has 0 amide bonds. The van der Waals surface area contributed by atoms with Crippen LogP contribution in [0.3, 0.4) is 0 Å². The van der Waals surface area contributed by atoms with Crippen molar-refractivity contribution in [1.82, 2.24) is 10.2 Å². The number of hydrogen-bond donors (Lipinski definition) is 2. The predicted molar refractivity (Wildman–Crippen MR) is 61.9 cm³/mol. The number of nitrogens with two attached hydrogens (primary N) is 1. The first-order chi connectivity index (χ1) is 7.24. The molecule has 0 atom stereocenters. The molecule has 2 rings (SSSR count). The molecule has 0 spiro atoms. The van der Waals surface area contributed by atoms with Crippen LogP contribution in [0.4, 0.5) is 5.82 Å². The number of anilines is 1. The highest BCUT2D eigenvalue weighted by molar-refractivity contribution is 6.30. The van der Waals surface area contributed by atoms with Crippen LogP contribution in [0.2, 0.25) is 5.02 Å². The molecule has 0 aliphatic rings. The summed E-state index contributed by atoms with van der Waals surface area (Å²) in [4.78, 5) is 0. The Morgan fingerprint density at radius 3 is 2.53 bits per heavy atom. The van der Waals surface area contributed by atoms with Gasteiger partial charge in [0.2, 0.25) is 0 Å². The van der Waals surface area contributed by atoms with Crippen molar-refractivity contribution in [3.8, 4) is 0 Å². The number of hydrogen-bond acceptors (Lipinski definition) is 2. The third-order valence-corrected chi connectivity index (χ3v) is 2.50. The third kappa shape index (κ3) is 2.73. The fourth-order valence-corrected chi connectivity index (χ4v) is 1.56. The van der Waals surface area contributed by atoms with E-state index in [4.69, 9.17) is 17.3 Å². The van der Waals surface area contributed by atoms with Crippen LogP contribution in [0.5, 0.6) is 0 Å². The van der Waals surface area contributed by atoms with Gasteiger partial charge in [0, 0.05) is 16.8 Å². The highest BCUT2D eigenvalue weighted by Gasteiger charge is 1.99. The first-order valence-corrected chi connectivity index (χ1v) is 5.16. The van der Waals surface area contributed by atoms with E-state index in [2.05, 4.69) is 10.2 Å². The Morgan fingerprint density at radius 2 is 1.93 bits per heavy atom. The molecule has 0 unspecified atom stereocenters. The Balaban J connectivity index is 1.96. The largest absolute Gasteiger partial charge is 0.382 e. The number of benzene rings is 1. The predicted octanol–water partition coefficient (Wildman–Crippen LogP) is 2.43. The van der Waals surface area contributed by atoms with Gasteiger partial charge in [-0.15, -0.1) is 0 Å². The van der Waals surface area contributed by atoms with Crippen molar-refractivity contribution in [3.63, 3.8) is 0 Å². The Kier molecular flexibility index (Phi) is 2.92. The second kappa shape index (κ2) is 4.36. The second-order valence-corrected chi connectivity index (χ2v) is 3.88. The zero-order valence-electron chi connectivity index (χ0n) is 8.20. The summed E-state index contributed by atoms with van der Waals surface area (Å²) in [5, 5.41) is 7.53. The van der Waals surface area contributed by atoms with Crippen molar-refractivity contribution in [2.75, 3.05) is 5.73 Å². The molecule has 1 aromatic heterocycles. The molecule has 15 heavy (non-hydrogen) atoms. The van der Waals surface area contributed by atoms with Crippen molar-refractivity contribution in [2.24, 2.45) is 0 Å². The normalized spacial score (nSPS) is 10.5. The molecule has 3 N–H and O–H groups in total. The van der Waals surface area contributed by atoms with Gasteiger partial charge < -0.3 is 5.73 Å². The summed E-state index contributed by atoms with van der Waals surface area (Å²) in [6, 6.07) is 9.72. The Labute approximate surface area is 93.3 Å². The number of aryl methyl sites for hydroxylation is 2. The van der Waals surface area contributed by atoms with Crippen LogP contribution in [-0.2, 0) is 12.8 Å². The molecule has 1 aromatic carbocycles. The summed E-state index contributed by atoms with van der Waals surface area (Å²) in [7, 11) is 0. The van der Waals surface area contributed by atoms with Gasteiger partial charge in [0.15, 0.2) is 0 Å². The highest BCUT2D eigenvalue weighted by atomic mass is 35.5. The first-order valence-electron chi connectivity index (χ1n) is 4.78. The standard InChI is InChI=1S/C11H12ClN3/c12-9-4-1-8(2-5-9)3-6-10-7-11(13)15-14-10/h1-2,4-5,7H,3,6H2,(H3,13,14,15). The van der Waals surface area contributed by atoms with E-state index in [1.165, 1.54) is 5.56 Å². The van der Waals surface area contributed by atoms with E-state index in [9.17, 15) is 0 Å². The van der Waals surface area contributed by atoms with Crippen LogP contribution in [0.1, 0.15) is 11.3 Å². The van der Waals surface area contributed by atoms with Gasteiger partial charge in [-0.25, -0.2) is 0 Å². The van der Waals surface area contributed by atoms with Gasteiger partial charge in [0.25, 0.3) is 0 Å². The van der Waals surface area contributed by atoms with Crippen molar-refractivity contribution >= 4 is 17.4 Å². The van der Waals surface area contributed by atoms with Crippen molar-refractivity contribution in [1.29, 1.82) is 0 Å². The SMILES string of the molecule is Nc1cc(CCc2ccc(Cl)cc2)[nH]n1. The molecule has 78 valence electrons. The van der Waals surface area contributed by atoms with Crippen molar-refractivity contribution < 1.29 is 0 Å². The van der Waals surface area contributed by atoms with Gasteiger partial charge in [-0.2, -0.15) is 5.10 Å². The molecule has 0 fully saturated rings.